The molecule has 0 aromatic rings. The van der Waals surface area contributed by atoms with E-state index in [1.54, 1.807) is 19.0 Å². The zero-order chi connectivity index (χ0) is 13.5. The largest absolute Gasteiger partial charge is 0.348 e. The molecule has 2 amide bonds. The highest BCUT2D eigenvalue weighted by atomic mass is 16.2. The van der Waals surface area contributed by atoms with Crippen molar-refractivity contribution in [1.29, 1.82) is 0 Å². The molecule has 0 aromatic carbocycles. The maximum atomic E-state index is 11.8. The molecule has 1 fully saturated rings. The van der Waals surface area contributed by atoms with Crippen LogP contribution in [0.5, 0.6) is 0 Å². The van der Waals surface area contributed by atoms with Gasteiger partial charge >= 0.3 is 0 Å². The summed E-state index contributed by atoms with van der Waals surface area (Å²) >= 11 is 0. The van der Waals surface area contributed by atoms with Gasteiger partial charge in [0.05, 0.1) is 13.1 Å². The van der Waals surface area contributed by atoms with Crippen LogP contribution in [0.2, 0.25) is 0 Å². The molecule has 0 spiro atoms. The maximum Gasteiger partial charge on any atom is 0.236 e. The third-order valence-electron chi connectivity index (χ3n) is 3.11. The van der Waals surface area contributed by atoms with Crippen LogP contribution in [0.4, 0.5) is 0 Å². The average molecular weight is 256 g/mol. The van der Waals surface area contributed by atoms with Crippen LogP contribution in [0.3, 0.4) is 0 Å². The fraction of sp³-hybridized carbons (Fsp3) is 0.833. The molecule has 1 saturated heterocycles. The van der Waals surface area contributed by atoms with Gasteiger partial charge in [-0.3, -0.25) is 14.5 Å². The maximum absolute atomic E-state index is 11.8. The van der Waals surface area contributed by atoms with E-state index in [-0.39, 0.29) is 11.8 Å². The van der Waals surface area contributed by atoms with Gasteiger partial charge in [0.1, 0.15) is 0 Å². The second kappa shape index (κ2) is 7.33. The zero-order valence-corrected chi connectivity index (χ0v) is 11.6. The average Bonchev–Trinajstić information content (AvgIpc) is 2.36. The van der Waals surface area contributed by atoms with Crippen LogP contribution in [-0.2, 0) is 9.59 Å². The lowest BCUT2D eigenvalue weighted by atomic mass is 10.3. The van der Waals surface area contributed by atoms with Gasteiger partial charge in [-0.2, -0.15) is 0 Å². The molecule has 0 atom stereocenters. The number of carbonyl (C=O) groups is 2. The quantitative estimate of drug-likeness (QED) is 0.673. The van der Waals surface area contributed by atoms with Gasteiger partial charge in [-0.25, -0.2) is 0 Å². The summed E-state index contributed by atoms with van der Waals surface area (Å²) in [5.74, 6) is 0.262. The molecule has 0 unspecified atom stereocenters. The SMILES string of the molecule is CCNCC(=O)N1CCN(CC(=O)N(C)C)CC1. The van der Waals surface area contributed by atoms with Crippen molar-refractivity contribution in [3.05, 3.63) is 0 Å². The van der Waals surface area contributed by atoms with Crippen LogP contribution in [0.1, 0.15) is 6.92 Å². The Morgan fingerprint density at radius 2 is 1.78 bits per heavy atom. The number of hydrogen-bond acceptors (Lipinski definition) is 4. The van der Waals surface area contributed by atoms with E-state index in [0.29, 0.717) is 26.2 Å². The van der Waals surface area contributed by atoms with Crippen LogP contribution < -0.4 is 5.32 Å². The van der Waals surface area contributed by atoms with Crippen molar-refractivity contribution in [2.24, 2.45) is 0 Å². The molecule has 0 radical (unpaired) electrons. The Morgan fingerprint density at radius 1 is 1.17 bits per heavy atom. The highest BCUT2D eigenvalue weighted by molar-refractivity contribution is 5.79. The molecule has 104 valence electrons. The number of nitrogens with zero attached hydrogens (tertiary/aromatic N) is 3. The summed E-state index contributed by atoms with van der Waals surface area (Å²) in [7, 11) is 3.52. The number of carbonyl (C=O) groups excluding carboxylic acids is 2. The summed E-state index contributed by atoms with van der Waals surface area (Å²) in [6.45, 7) is 6.63. The van der Waals surface area contributed by atoms with Gasteiger partial charge in [0.2, 0.25) is 11.8 Å². The fourth-order valence-electron chi connectivity index (χ4n) is 1.83. The van der Waals surface area contributed by atoms with Crippen molar-refractivity contribution in [2.75, 3.05) is 59.9 Å². The second-order valence-corrected chi connectivity index (χ2v) is 4.73. The van der Waals surface area contributed by atoms with Gasteiger partial charge in [0, 0.05) is 40.3 Å². The molecule has 0 aromatic heterocycles. The Kier molecular flexibility index (Phi) is 6.07. The summed E-state index contributed by atoms with van der Waals surface area (Å²) in [6.07, 6.45) is 0. The first kappa shape index (κ1) is 14.9. The lowest BCUT2D eigenvalue weighted by Gasteiger charge is -2.34. The minimum atomic E-state index is 0.113. The van der Waals surface area contributed by atoms with Crippen molar-refractivity contribution in [3.8, 4) is 0 Å². The first-order valence-corrected chi connectivity index (χ1v) is 6.45. The first-order valence-electron chi connectivity index (χ1n) is 6.45. The molecule has 1 rings (SSSR count). The van der Waals surface area contributed by atoms with Crippen molar-refractivity contribution in [3.63, 3.8) is 0 Å². The van der Waals surface area contributed by atoms with Gasteiger partial charge in [-0.05, 0) is 6.54 Å². The number of nitrogens with one attached hydrogen (secondary N) is 1. The summed E-state index contributed by atoms with van der Waals surface area (Å²) in [6, 6.07) is 0. The van der Waals surface area contributed by atoms with Crippen LogP contribution in [-0.4, -0.2) is 86.4 Å². The van der Waals surface area contributed by atoms with Crippen LogP contribution in [0, 0.1) is 0 Å². The smallest absolute Gasteiger partial charge is 0.236 e. The molecule has 0 bridgehead atoms. The summed E-state index contributed by atoms with van der Waals surface area (Å²) in [5, 5.41) is 3.04. The first-order chi connectivity index (χ1) is 8.54. The highest BCUT2D eigenvalue weighted by Gasteiger charge is 2.22. The number of hydrogen-bond donors (Lipinski definition) is 1. The second-order valence-electron chi connectivity index (χ2n) is 4.73. The molecule has 18 heavy (non-hydrogen) atoms. The minimum Gasteiger partial charge on any atom is -0.348 e. The van der Waals surface area contributed by atoms with Crippen molar-refractivity contribution in [2.45, 2.75) is 6.92 Å². The molecule has 0 aliphatic carbocycles. The number of amides is 2. The van der Waals surface area contributed by atoms with E-state index in [9.17, 15) is 9.59 Å². The Balaban J connectivity index is 2.28. The van der Waals surface area contributed by atoms with Gasteiger partial charge in [0.15, 0.2) is 0 Å². The monoisotopic (exact) mass is 256 g/mol. The molecule has 6 nitrogen and oxygen atoms in total. The van der Waals surface area contributed by atoms with Crippen LogP contribution in [0.25, 0.3) is 0 Å². The molecular formula is C12H24N4O2. The van der Waals surface area contributed by atoms with E-state index < -0.39 is 0 Å². The topological polar surface area (TPSA) is 55.9 Å². The third-order valence-corrected chi connectivity index (χ3v) is 3.11. The summed E-state index contributed by atoms with van der Waals surface area (Å²) in [5.41, 5.74) is 0. The van der Waals surface area contributed by atoms with E-state index in [1.807, 2.05) is 11.8 Å². The zero-order valence-electron chi connectivity index (χ0n) is 11.6. The van der Waals surface area contributed by atoms with Crippen molar-refractivity contribution < 1.29 is 9.59 Å². The number of rotatable bonds is 5. The summed E-state index contributed by atoms with van der Waals surface area (Å²) < 4.78 is 0. The molecule has 1 aliphatic rings. The Hall–Kier alpha value is -1.14. The van der Waals surface area contributed by atoms with Crippen molar-refractivity contribution in [1.82, 2.24) is 20.0 Å². The molecule has 6 heteroatoms. The molecule has 1 N–H and O–H groups in total. The minimum absolute atomic E-state index is 0.113. The van der Waals surface area contributed by atoms with Gasteiger partial charge in [0.25, 0.3) is 0 Å². The van der Waals surface area contributed by atoms with Crippen LogP contribution in [0.15, 0.2) is 0 Å². The summed E-state index contributed by atoms with van der Waals surface area (Å²) in [4.78, 5) is 28.9. The fourth-order valence-corrected chi connectivity index (χ4v) is 1.83. The Morgan fingerprint density at radius 3 is 2.28 bits per heavy atom. The Bertz CT molecular complexity index is 286. The Labute approximate surface area is 109 Å². The predicted molar refractivity (Wildman–Crippen MR) is 70.3 cm³/mol. The lowest BCUT2D eigenvalue weighted by Crippen LogP contribution is -2.52. The molecular weight excluding hydrogens is 232 g/mol. The van der Waals surface area contributed by atoms with Gasteiger partial charge < -0.3 is 15.1 Å². The van der Waals surface area contributed by atoms with E-state index in [1.165, 1.54) is 0 Å². The highest BCUT2D eigenvalue weighted by Crippen LogP contribution is 2.02. The lowest BCUT2D eigenvalue weighted by molar-refractivity contribution is -0.133. The molecule has 0 saturated carbocycles. The molecule has 1 heterocycles. The van der Waals surface area contributed by atoms with E-state index in [0.717, 1.165) is 19.6 Å². The van der Waals surface area contributed by atoms with E-state index in [2.05, 4.69) is 10.2 Å². The molecule has 1 aliphatic heterocycles. The van der Waals surface area contributed by atoms with Crippen molar-refractivity contribution >= 4 is 11.8 Å². The third kappa shape index (κ3) is 4.62. The van der Waals surface area contributed by atoms with E-state index in [4.69, 9.17) is 0 Å². The number of piperazine rings is 1. The predicted octanol–water partition coefficient (Wildman–Crippen LogP) is -1.17. The standard InChI is InChI=1S/C12H24N4O2/c1-4-13-9-11(17)16-7-5-15(6-8-16)10-12(18)14(2)3/h13H,4-10H2,1-3H3. The van der Waals surface area contributed by atoms with Gasteiger partial charge in [-0.1, -0.05) is 6.92 Å². The van der Waals surface area contributed by atoms with Crippen LogP contribution >= 0.6 is 0 Å². The number of likely N-dealkylation sites (N-methyl/N-ethyl adjacent to an activating group) is 2. The normalized spacial score (nSPS) is 16.7. The van der Waals surface area contributed by atoms with E-state index >= 15 is 0 Å². The van der Waals surface area contributed by atoms with Gasteiger partial charge in [-0.15, -0.1) is 0 Å².